The number of phenols is 1. The average Bonchev–Trinajstić information content (AvgIpc) is 2.85. The summed E-state index contributed by atoms with van der Waals surface area (Å²) in [7, 11) is 1.58. The summed E-state index contributed by atoms with van der Waals surface area (Å²) in [6.45, 7) is 0. The molecule has 0 aromatic heterocycles. The first-order valence-electron chi connectivity index (χ1n) is 9.94. The molecular weight excluding hydrogens is 404 g/mol. The van der Waals surface area contributed by atoms with E-state index in [1.165, 1.54) is 12.1 Å². The molecule has 0 bridgehead atoms. The van der Waals surface area contributed by atoms with Crippen LogP contribution < -0.4 is 9.47 Å². The van der Waals surface area contributed by atoms with Gasteiger partial charge >= 0.3 is 0 Å². The van der Waals surface area contributed by atoms with E-state index >= 15 is 0 Å². The Hall–Kier alpha value is -4.38. The first kappa shape index (κ1) is 20.9. The SMILES string of the molecule is COc1ccc(C(=O)c2ccc(Oc3ccc(C(=O)c4ccc(O)cc4)cc3)cc2)cc1. The molecule has 0 unspecified atom stereocenters. The summed E-state index contributed by atoms with van der Waals surface area (Å²) in [4.78, 5) is 25.1. The molecule has 32 heavy (non-hydrogen) atoms. The van der Waals surface area contributed by atoms with Gasteiger partial charge in [0.1, 0.15) is 23.0 Å². The number of rotatable bonds is 7. The number of hydrogen-bond acceptors (Lipinski definition) is 5. The fraction of sp³-hybridized carbons (Fsp3) is 0.0370. The Morgan fingerprint density at radius 2 is 0.844 bits per heavy atom. The third-order valence-corrected chi connectivity index (χ3v) is 4.95. The highest BCUT2D eigenvalue weighted by Crippen LogP contribution is 2.24. The molecule has 0 heterocycles. The highest BCUT2D eigenvalue weighted by Gasteiger charge is 2.11. The summed E-state index contributed by atoms with van der Waals surface area (Å²) in [5.74, 6) is 1.73. The predicted octanol–water partition coefficient (Wildman–Crippen LogP) is 5.66. The van der Waals surface area contributed by atoms with Gasteiger partial charge in [-0.05, 0) is 97.1 Å². The maximum atomic E-state index is 12.6. The van der Waals surface area contributed by atoms with Crippen LogP contribution in [0.3, 0.4) is 0 Å². The van der Waals surface area contributed by atoms with Gasteiger partial charge in [-0.15, -0.1) is 0 Å². The highest BCUT2D eigenvalue weighted by atomic mass is 16.5. The molecule has 1 N–H and O–H groups in total. The summed E-state index contributed by atoms with van der Waals surface area (Å²) in [6.07, 6.45) is 0. The van der Waals surface area contributed by atoms with Crippen LogP contribution >= 0.6 is 0 Å². The lowest BCUT2D eigenvalue weighted by molar-refractivity contribution is 0.103. The van der Waals surface area contributed by atoms with E-state index in [2.05, 4.69) is 0 Å². The van der Waals surface area contributed by atoms with E-state index in [1.807, 2.05) is 0 Å². The van der Waals surface area contributed by atoms with E-state index in [0.717, 1.165) is 0 Å². The van der Waals surface area contributed by atoms with Crippen LogP contribution in [0.1, 0.15) is 31.8 Å². The molecule has 0 aliphatic carbocycles. The zero-order valence-corrected chi connectivity index (χ0v) is 17.3. The molecule has 4 aromatic rings. The molecular formula is C27H20O5. The molecule has 0 amide bonds. The number of benzene rings is 4. The number of ketones is 2. The Labute approximate surface area is 185 Å². The molecule has 0 saturated heterocycles. The third-order valence-electron chi connectivity index (χ3n) is 4.95. The normalized spacial score (nSPS) is 10.4. The molecule has 5 nitrogen and oxygen atoms in total. The number of ether oxygens (including phenoxy) is 2. The predicted molar refractivity (Wildman–Crippen MR) is 121 cm³/mol. The minimum atomic E-state index is -0.141. The van der Waals surface area contributed by atoms with Gasteiger partial charge in [0, 0.05) is 22.3 Å². The van der Waals surface area contributed by atoms with E-state index in [9.17, 15) is 14.7 Å². The maximum absolute atomic E-state index is 12.6. The number of hydrogen-bond donors (Lipinski definition) is 1. The summed E-state index contributed by atoms with van der Waals surface area (Å²) < 4.78 is 11.0. The fourth-order valence-electron chi connectivity index (χ4n) is 3.17. The van der Waals surface area contributed by atoms with Gasteiger partial charge in [0.05, 0.1) is 7.11 Å². The molecule has 0 atom stereocenters. The van der Waals surface area contributed by atoms with Crippen LogP contribution in [0, 0.1) is 0 Å². The summed E-state index contributed by atoms with van der Waals surface area (Å²) in [5, 5.41) is 9.36. The molecule has 0 aliphatic rings. The van der Waals surface area contributed by atoms with Crippen LogP contribution in [0.5, 0.6) is 23.0 Å². The molecule has 158 valence electrons. The Morgan fingerprint density at radius 1 is 0.531 bits per heavy atom. The fourth-order valence-corrected chi connectivity index (χ4v) is 3.17. The largest absolute Gasteiger partial charge is 0.508 e. The lowest BCUT2D eigenvalue weighted by atomic mass is 10.0. The van der Waals surface area contributed by atoms with E-state index in [-0.39, 0.29) is 17.3 Å². The van der Waals surface area contributed by atoms with Crippen LogP contribution in [0.2, 0.25) is 0 Å². The Kier molecular flexibility index (Phi) is 5.99. The zero-order chi connectivity index (χ0) is 22.5. The van der Waals surface area contributed by atoms with E-state index in [1.54, 1.807) is 92.0 Å². The zero-order valence-electron chi connectivity index (χ0n) is 17.3. The lowest BCUT2D eigenvalue weighted by Gasteiger charge is -2.08. The van der Waals surface area contributed by atoms with Crippen molar-refractivity contribution in [1.29, 1.82) is 0 Å². The van der Waals surface area contributed by atoms with Gasteiger partial charge < -0.3 is 14.6 Å². The van der Waals surface area contributed by atoms with Gasteiger partial charge in [-0.25, -0.2) is 0 Å². The molecule has 4 aromatic carbocycles. The van der Waals surface area contributed by atoms with Crippen molar-refractivity contribution >= 4 is 11.6 Å². The Balaban J connectivity index is 1.42. The smallest absolute Gasteiger partial charge is 0.193 e. The quantitative estimate of drug-likeness (QED) is 0.388. The van der Waals surface area contributed by atoms with Gasteiger partial charge in [-0.3, -0.25) is 9.59 Å². The molecule has 0 radical (unpaired) electrons. The first-order valence-corrected chi connectivity index (χ1v) is 9.94. The monoisotopic (exact) mass is 424 g/mol. The second-order valence-corrected chi connectivity index (χ2v) is 7.08. The van der Waals surface area contributed by atoms with E-state index < -0.39 is 0 Å². The summed E-state index contributed by atoms with van der Waals surface area (Å²) >= 11 is 0. The molecule has 4 rings (SSSR count). The van der Waals surface area contributed by atoms with Gasteiger partial charge in [-0.2, -0.15) is 0 Å². The minimum absolute atomic E-state index is 0.0868. The second-order valence-electron chi connectivity index (χ2n) is 7.08. The van der Waals surface area contributed by atoms with Gasteiger partial charge in [0.2, 0.25) is 0 Å². The third kappa shape index (κ3) is 4.68. The molecule has 0 saturated carbocycles. The standard InChI is InChI=1S/C27H20O5/c1-31-23-12-4-19(5-13-23)27(30)21-8-16-25(17-9-21)32-24-14-6-20(7-15-24)26(29)18-2-10-22(28)11-3-18/h2-17,28H,1H3. The van der Waals surface area contributed by atoms with Crippen LogP contribution in [0.25, 0.3) is 0 Å². The van der Waals surface area contributed by atoms with Crippen molar-refractivity contribution in [3.8, 4) is 23.0 Å². The molecule has 5 heteroatoms. The Morgan fingerprint density at radius 3 is 1.19 bits per heavy atom. The number of aromatic hydroxyl groups is 1. The van der Waals surface area contributed by atoms with E-state index in [4.69, 9.17) is 9.47 Å². The highest BCUT2D eigenvalue weighted by molar-refractivity contribution is 6.09. The Bertz CT molecular complexity index is 1220. The number of methoxy groups -OCH3 is 1. The summed E-state index contributed by atoms with van der Waals surface area (Å²) in [5.41, 5.74) is 2.14. The lowest BCUT2D eigenvalue weighted by Crippen LogP contribution is -2.01. The van der Waals surface area contributed by atoms with E-state index in [0.29, 0.717) is 39.5 Å². The van der Waals surface area contributed by atoms with Crippen molar-refractivity contribution in [2.75, 3.05) is 7.11 Å². The topological polar surface area (TPSA) is 72.8 Å². The average molecular weight is 424 g/mol. The van der Waals surface area contributed by atoms with Crippen molar-refractivity contribution in [1.82, 2.24) is 0 Å². The van der Waals surface area contributed by atoms with Gasteiger partial charge in [-0.1, -0.05) is 0 Å². The first-order chi connectivity index (χ1) is 15.5. The van der Waals surface area contributed by atoms with Crippen LogP contribution in [0.4, 0.5) is 0 Å². The molecule has 0 aliphatic heterocycles. The van der Waals surface area contributed by atoms with Crippen molar-refractivity contribution < 1.29 is 24.2 Å². The number of phenolic OH excluding ortho intramolecular Hbond substituents is 1. The van der Waals surface area contributed by atoms with Crippen molar-refractivity contribution in [3.05, 3.63) is 119 Å². The maximum Gasteiger partial charge on any atom is 0.193 e. The number of carbonyl (C=O) groups excluding carboxylic acids is 2. The minimum Gasteiger partial charge on any atom is -0.508 e. The van der Waals surface area contributed by atoms with Crippen LogP contribution in [0.15, 0.2) is 97.1 Å². The van der Waals surface area contributed by atoms with Crippen LogP contribution in [-0.4, -0.2) is 23.8 Å². The van der Waals surface area contributed by atoms with Crippen molar-refractivity contribution in [2.45, 2.75) is 0 Å². The van der Waals surface area contributed by atoms with Crippen molar-refractivity contribution in [2.24, 2.45) is 0 Å². The summed E-state index contributed by atoms with van der Waals surface area (Å²) in [6, 6.07) is 26.8. The second kappa shape index (κ2) is 9.18. The number of carbonyl (C=O) groups is 2. The van der Waals surface area contributed by atoms with Gasteiger partial charge in [0.25, 0.3) is 0 Å². The van der Waals surface area contributed by atoms with Crippen LogP contribution in [-0.2, 0) is 0 Å². The molecule has 0 fully saturated rings. The molecule has 0 spiro atoms. The van der Waals surface area contributed by atoms with Gasteiger partial charge in [0.15, 0.2) is 11.6 Å². The van der Waals surface area contributed by atoms with Crippen molar-refractivity contribution in [3.63, 3.8) is 0 Å².